The zero-order chi connectivity index (χ0) is 14.0. The lowest BCUT2D eigenvalue weighted by Gasteiger charge is -2.17. The Bertz CT molecular complexity index is 565. The minimum Gasteiger partial charge on any atom is -0.493 e. The molecule has 1 aliphatic heterocycles. The Hall–Kier alpha value is -1.02. The van der Waals surface area contributed by atoms with Crippen LogP contribution in [0.25, 0.3) is 0 Å². The first-order chi connectivity index (χ1) is 8.98. The van der Waals surface area contributed by atoms with Gasteiger partial charge in [-0.25, -0.2) is 8.42 Å². The van der Waals surface area contributed by atoms with Crippen LogP contribution in [0.5, 0.6) is 11.5 Å². The largest absolute Gasteiger partial charge is 0.493 e. The van der Waals surface area contributed by atoms with Crippen molar-refractivity contribution in [2.45, 2.75) is 17.4 Å². The van der Waals surface area contributed by atoms with Gasteiger partial charge in [-0.3, -0.25) is 0 Å². The van der Waals surface area contributed by atoms with Crippen LogP contribution >= 0.6 is 12.4 Å². The van der Waals surface area contributed by atoms with Crippen LogP contribution < -0.4 is 15.2 Å². The Morgan fingerprint density at radius 3 is 2.40 bits per heavy atom. The second kappa shape index (κ2) is 6.62. The molecule has 2 rings (SSSR count). The molecule has 0 unspecified atom stereocenters. The van der Waals surface area contributed by atoms with Crippen molar-refractivity contribution in [2.75, 3.05) is 27.3 Å². The third-order valence-electron chi connectivity index (χ3n) is 3.18. The van der Waals surface area contributed by atoms with Crippen LogP contribution in [0, 0.1) is 0 Å². The van der Waals surface area contributed by atoms with E-state index in [4.69, 9.17) is 15.2 Å². The summed E-state index contributed by atoms with van der Waals surface area (Å²) in [5.41, 5.74) is 5.75. The molecule has 0 aliphatic carbocycles. The van der Waals surface area contributed by atoms with Gasteiger partial charge in [0.25, 0.3) is 0 Å². The number of methoxy groups -OCH3 is 2. The Morgan fingerprint density at radius 2 is 1.90 bits per heavy atom. The van der Waals surface area contributed by atoms with E-state index in [0.29, 0.717) is 31.0 Å². The topological polar surface area (TPSA) is 81.9 Å². The number of hydrogen-bond donors (Lipinski definition) is 1. The molecule has 1 aromatic carbocycles. The van der Waals surface area contributed by atoms with Gasteiger partial charge in [-0.15, -0.1) is 12.4 Å². The summed E-state index contributed by atoms with van der Waals surface area (Å²) in [5.74, 6) is 0.895. The summed E-state index contributed by atoms with van der Waals surface area (Å²) in [5, 5.41) is 0. The van der Waals surface area contributed by atoms with E-state index < -0.39 is 10.0 Å². The normalized spacial score (nSPS) is 19.4. The highest BCUT2D eigenvalue weighted by molar-refractivity contribution is 7.89. The number of sulfonamides is 1. The molecule has 0 amide bonds. The molecule has 1 aliphatic rings. The number of nitrogens with zero attached hydrogens (tertiary/aromatic N) is 1. The van der Waals surface area contributed by atoms with Gasteiger partial charge in [0.15, 0.2) is 11.5 Å². The van der Waals surface area contributed by atoms with Crippen molar-refractivity contribution in [2.24, 2.45) is 5.73 Å². The lowest BCUT2D eigenvalue weighted by Crippen LogP contribution is -2.31. The van der Waals surface area contributed by atoms with Crippen LogP contribution in [0.1, 0.15) is 6.42 Å². The molecule has 114 valence electrons. The first kappa shape index (κ1) is 17.0. The SMILES string of the molecule is COc1ccc(S(=O)(=O)N2CC[C@H](N)C2)cc1OC.Cl. The van der Waals surface area contributed by atoms with Crippen molar-refractivity contribution >= 4 is 22.4 Å². The summed E-state index contributed by atoms with van der Waals surface area (Å²) in [7, 11) is -0.534. The maximum Gasteiger partial charge on any atom is 0.243 e. The predicted octanol–water partition coefficient (Wildman–Crippen LogP) is 0.847. The number of benzene rings is 1. The summed E-state index contributed by atoms with van der Waals surface area (Å²) < 4.78 is 36.5. The fourth-order valence-electron chi connectivity index (χ4n) is 2.10. The molecule has 1 aromatic rings. The summed E-state index contributed by atoms with van der Waals surface area (Å²) >= 11 is 0. The van der Waals surface area contributed by atoms with Crippen LogP contribution in [0.2, 0.25) is 0 Å². The molecule has 0 aromatic heterocycles. The molecule has 1 saturated heterocycles. The van der Waals surface area contributed by atoms with Crippen LogP contribution in [0.4, 0.5) is 0 Å². The van der Waals surface area contributed by atoms with Gasteiger partial charge in [0.05, 0.1) is 19.1 Å². The van der Waals surface area contributed by atoms with E-state index in [-0.39, 0.29) is 23.3 Å². The maximum absolute atomic E-state index is 12.4. The molecule has 1 fully saturated rings. The monoisotopic (exact) mass is 322 g/mol. The number of rotatable bonds is 4. The van der Waals surface area contributed by atoms with Gasteiger partial charge in [-0.1, -0.05) is 0 Å². The predicted molar refractivity (Wildman–Crippen MR) is 78.1 cm³/mol. The smallest absolute Gasteiger partial charge is 0.243 e. The van der Waals surface area contributed by atoms with Gasteiger partial charge < -0.3 is 15.2 Å². The number of halogens is 1. The number of nitrogens with two attached hydrogens (primary N) is 1. The molecule has 1 heterocycles. The molecular formula is C12H19ClN2O4S. The van der Waals surface area contributed by atoms with E-state index in [9.17, 15) is 8.42 Å². The third-order valence-corrected chi connectivity index (χ3v) is 5.04. The average Bonchev–Trinajstić information content (AvgIpc) is 2.85. The molecular weight excluding hydrogens is 304 g/mol. The number of ether oxygens (including phenoxy) is 2. The van der Waals surface area contributed by atoms with Crippen LogP contribution in [-0.4, -0.2) is 46.1 Å². The summed E-state index contributed by atoms with van der Waals surface area (Å²) in [4.78, 5) is 0.194. The molecule has 0 bridgehead atoms. The lowest BCUT2D eigenvalue weighted by molar-refractivity contribution is 0.353. The van der Waals surface area contributed by atoms with Crippen molar-refractivity contribution in [1.82, 2.24) is 4.31 Å². The Morgan fingerprint density at radius 1 is 1.25 bits per heavy atom. The second-order valence-corrected chi connectivity index (χ2v) is 6.37. The standard InChI is InChI=1S/C12H18N2O4S.ClH/c1-17-11-4-3-10(7-12(11)18-2)19(15,16)14-6-5-9(13)8-14;/h3-4,7,9H,5-6,8,13H2,1-2H3;1H/t9-;/m0./s1. The Balaban J connectivity index is 0.00000200. The van der Waals surface area contributed by atoms with E-state index in [1.807, 2.05) is 0 Å². The van der Waals surface area contributed by atoms with Crippen molar-refractivity contribution < 1.29 is 17.9 Å². The van der Waals surface area contributed by atoms with E-state index >= 15 is 0 Å². The van der Waals surface area contributed by atoms with Crippen molar-refractivity contribution in [3.63, 3.8) is 0 Å². The Labute approximate surface area is 125 Å². The van der Waals surface area contributed by atoms with E-state index in [2.05, 4.69) is 0 Å². The molecule has 0 saturated carbocycles. The molecule has 1 atom stereocenters. The summed E-state index contributed by atoms with van der Waals surface area (Å²) in [6.45, 7) is 0.814. The van der Waals surface area contributed by atoms with Crippen molar-refractivity contribution in [3.8, 4) is 11.5 Å². The number of hydrogen-bond acceptors (Lipinski definition) is 5. The minimum absolute atomic E-state index is 0. The van der Waals surface area contributed by atoms with Gasteiger partial charge in [0.2, 0.25) is 10.0 Å². The van der Waals surface area contributed by atoms with Gasteiger partial charge >= 0.3 is 0 Å². The van der Waals surface area contributed by atoms with E-state index in [1.54, 1.807) is 6.07 Å². The van der Waals surface area contributed by atoms with Gasteiger partial charge in [0.1, 0.15) is 0 Å². The van der Waals surface area contributed by atoms with Crippen LogP contribution in [-0.2, 0) is 10.0 Å². The lowest BCUT2D eigenvalue weighted by atomic mass is 10.3. The maximum atomic E-state index is 12.4. The fraction of sp³-hybridized carbons (Fsp3) is 0.500. The van der Waals surface area contributed by atoms with Crippen molar-refractivity contribution in [1.29, 1.82) is 0 Å². The quantitative estimate of drug-likeness (QED) is 0.888. The molecule has 6 nitrogen and oxygen atoms in total. The summed E-state index contributed by atoms with van der Waals surface area (Å²) in [6.07, 6.45) is 0.687. The highest BCUT2D eigenvalue weighted by Crippen LogP contribution is 2.31. The molecule has 20 heavy (non-hydrogen) atoms. The average molecular weight is 323 g/mol. The Kier molecular flexibility index (Phi) is 5.64. The molecule has 0 spiro atoms. The third kappa shape index (κ3) is 3.17. The zero-order valence-corrected chi connectivity index (χ0v) is 13.0. The van der Waals surface area contributed by atoms with Crippen LogP contribution in [0.15, 0.2) is 23.1 Å². The zero-order valence-electron chi connectivity index (χ0n) is 11.4. The highest BCUT2D eigenvalue weighted by Gasteiger charge is 2.31. The molecule has 0 radical (unpaired) electrons. The highest BCUT2D eigenvalue weighted by atomic mass is 35.5. The van der Waals surface area contributed by atoms with Gasteiger partial charge in [-0.2, -0.15) is 4.31 Å². The minimum atomic E-state index is -3.51. The van der Waals surface area contributed by atoms with Crippen LogP contribution in [0.3, 0.4) is 0 Å². The molecule has 8 heteroatoms. The van der Waals surface area contributed by atoms with Gasteiger partial charge in [0, 0.05) is 25.2 Å². The van der Waals surface area contributed by atoms with Gasteiger partial charge in [-0.05, 0) is 18.6 Å². The fourth-order valence-corrected chi connectivity index (χ4v) is 3.63. The second-order valence-electron chi connectivity index (χ2n) is 4.43. The summed E-state index contributed by atoms with van der Waals surface area (Å²) in [6, 6.07) is 4.48. The molecule has 2 N–H and O–H groups in total. The van der Waals surface area contributed by atoms with E-state index in [1.165, 1.54) is 30.7 Å². The van der Waals surface area contributed by atoms with E-state index in [0.717, 1.165) is 0 Å². The van der Waals surface area contributed by atoms with Crippen molar-refractivity contribution in [3.05, 3.63) is 18.2 Å². The first-order valence-electron chi connectivity index (χ1n) is 5.97. The first-order valence-corrected chi connectivity index (χ1v) is 7.41.